The number of hydrogen-bond acceptors (Lipinski definition) is 7. The lowest BCUT2D eigenvalue weighted by Gasteiger charge is -2.28. The van der Waals surface area contributed by atoms with Gasteiger partial charge in [0.2, 0.25) is 5.95 Å². The summed E-state index contributed by atoms with van der Waals surface area (Å²) in [4.78, 5) is 8.02. The van der Waals surface area contributed by atoms with Gasteiger partial charge in [-0.05, 0) is 25.0 Å². The van der Waals surface area contributed by atoms with Gasteiger partial charge in [0.25, 0.3) is 0 Å². The number of anilines is 3. The zero-order valence-electron chi connectivity index (χ0n) is 16.6. The molecule has 3 N–H and O–H groups in total. The third-order valence-corrected chi connectivity index (χ3v) is 6.27. The van der Waals surface area contributed by atoms with Crippen LogP contribution in [0, 0.1) is 0 Å². The SMILES string of the molecule is CS(=O)(=O)CCn1ncc2c(Nc3nc(N)c(C(F)(F)F)c(C4CCC4)n3)cccc21. The van der Waals surface area contributed by atoms with Crippen LogP contribution in [0.3, 0.4) is 0 Å². The molecule has 8 nitrogen and oxygen atoms in total. The number of sulfone groups is 1. The first-order valence-corrected chi connectivity index (χ1v) is 11.7. The van der Waals surface area contributed by atoms with Crippen LogP contribution in [0.1, 0.15) is 36.4 Å². The van der Waals surface area contributed by atoms with Gasteiger partial charge in [-0.2, -0.15) is 23.3 Å². The van der Waals surface area contributed by atoms with Crippen LogP contribution in [0.4, 0.5) is 30.6 Å². The van der Waals surface area contributed by atoms with Gasteiger partial charge in [-0.3, -0.25) is 4.68 Å². The first-order valence-electron chi connectivity index (χ1n) is 9.67. The van der Waals surface area contributed by atoms with E-state index in [0.29, 0.717) is 29.4 Å². The van der Waals surface area contributed by atoms with Crippen molar-refractivity contribution >= 4 is 38.2 Å². The number of nitrogens with two attached hydrogens (primary N) is 1. The predicted octanol–water partition coefficient (Wildman–Crippen LogP) is 3.48. The van der Waals surface area contributed by atoms with Gasteiger partial charge in [-0.25, -0.2) is 13.4 Å². The van der Waals surface area contributed by atoms with Crippen LogP contribution in [0.2, 0.25) is 0 Å². The number of hydrogen-bond donors (Lipinski definition) is 2. The molecule has 4 rings (SSSR count). The fourth-order valence-corrected chi connectivity index (χ4v) is 4.09. The van der Waals surface area contributed by atoms with E-state index >= 15 is 0 Å². The van der Waals surface area contributed by atoms with Crippen LogP contribution in [0.15, 0.2) is 24.4 Å². The molecule has 166 valence electrons. The Morgan fingerprint density at radius 3 is 2.61 bits per heavy atom. The molecule has 1 aliphatic carbocycles. The molecule has 1 aromatic carbocycles. The number of aryl methyl sites for hydroxylation is 1. The van der Waals surface area contributed by atoms with E-state index in [1.54, 1.807) is 29.1 Å². The monoisotopic (exact) mass is 454 g/mol. The fraction of sp³-hybridized carbons (Fsp3) is 0.421. The van der Waals surface area contributed by atoms with Gasteiger partial charge < -0.3 is 11.1 Å². The lowest BCUT2D eigenvalue weighted by atomic mass is 9.81. The quantitative estimate of drug-likeness (QED) is 0.586. The van der Waals surface area contributed by atoms with Gasteiger partial charge >= 0.3 is 6.18 Å². The number of nitrogens with one attached hydrogen (secondary N) is 1. The molecule has 0 spiro atoms. The Kier molecular flexibility index (Phi) is 5.28. The Bertz CT molecular complexity index is 1240. The molecular formula is C19H21F3N6O2S. The van der Waals surface area contributed by atoms with Crippen molar-refractivity contribution in [1.29, 1.82) is 0 Å². The van der Waals surface area contributed by atoms with Crippen molar-refractivity contribution in [1.82, 2.24) is 19.7 Å². The first-order chi connectivity index (χ1) is 14.5. The van der Waals surface area contributed by atoms with Gasteiger partial charge in [0.05, 0.1) is 35.4 Å². The Morgan fingerprint density at radius 2 is 2.00 bits per heavy atom. The van der Waals surface area contributed by atoms with Crippen LogP contribution in [0.25, 0.3) is 10.9 Å². The Hall–Kier alpha value is -2.89. The van der Waals surface area contributed by atoms with Crippen LogP contribution >= 0.6 is 0 Å². The van der Waals surface area contributed by atoms with Crippen LogP contribution in [-0.4, -0.2) is 40.2 Å². The number of rotatable bonds is 6. The average Bonchev–Trinajstić information content (AvgIpc) is 3.00. The van der Waals surface area contributed by atoms with Gasteiger partial charge in [0.15, 0.2) is 0 Å². The van der Waals surface area contributed by atoms with Crippen molar-refractivity contribution in [3.05, 3.63) is 35.7 Å². The Morgan fingerprint density at radius 1 is 1.26 bits per heavy atom. The zero-order chi connectivity index (χ0) is 22.4. The summed E-state index contributed by atoms with van der Waals surface area (Å²) in [5, 5.41) is 7.84. The zero-order valence-corrected chi connectivity index (χ0v) is 17.5. The van der Waals surface area contributed by atoms with E-state index in [0.717, 1.165) is 12.7 Å². The van der Waals surface area contributed by atoms with Crippen molar-refractivity contribution in [2.45, 2.75) is 37.9 Å². The maximum absolute atomic E-state index is 13.5. The van der Waals surface area contributed by atoms with Gasteiger partial charge in [-0.1, -0.05) is 12.5 Å². The minimum Gasteiger partial charge on any atom is -0.383 e. The number of halogens is 3. The fourth-order valence-electron chi connectivity index (χ4n) is 3.58. The Balaban J connectivity index is 1.69. The molecular weight excluding hydrogens is 433 g/mol. The van der Waals surface area contributed by atoms with Gasteiger partial charge in [0.1, 0.15) is 21.2 Å². The topological polar surface area (TPSA) is 116 Å². The summed E-state index contributed by atoms with van der Waals surface area (Å²) in [5.41, 5.74) is 5.85. The summed E-state index contributed by atoms with van der Waals surface area (Å²) in [6, 6.07) is 5.21. The van der Waals surface area contributed by atoms with Crippen LogP contribution in [0.5, 0.6) is 0 Å². The highest BCUT2D eigenvalue weighted by Crippen LogP contribution is 2.44. The standard InChI is InChI=1S/C19H21F3N6O2S/c1-31(29,30)9-8-28-14-7-3-6-13(12(14)10-24-28)25-18-26-16(11-4-2-5-11)15(17(23)27-18)19(20,21)22/h3,6-7,10-11H,2,4-5,8-9H2,1H3,(H3,23,25,26,27). The Labute approximate surface area is 176 Å². The van der Waals surface area contributed by atoms with Gasteiger partial charge in [0, 0.05) is 17.6 Å². The maximum Gasteiger partial charge on any atom is 0.421 e. The van der Waals surface area contributed by atoms with Crippen molar-refractivity contribution in [3.63, 3.8) is 0 Å². The minimum absolute atomic E-state index is 0.0243. The van der Waals surface area contributed by atoms with E-state index in [1.165, 1.54) is 0 Å². The summed E-state index contributed by atoms with van der Waals surface area (Å²) in [6.45, 7) is 0.182. The van der Waals surface area contributed by atoms with Crippen molar-refractivity contribution in [3.8, 4) is 0 Å². The van der Waals surface area contributed by atoms with E-state index in [-0.39, 0.29) is 29.9 Å². The van der Waals surface area contributed by atoms with E-state index in [4.69, 9.17) is 5.73 Å². The summed E-state index contributed by atoms with van der Waals surface area (Å²) < 4.78 is 65.0. The summed E-state index contributed by atoms with van der Waals surface area (Å²) in [7, 11) is -3.16. The molecule has 0 bridgehead atoms. The second-order valence-corrected chi connectivity index (χ2v) is 9.94. The smallest absolute Gasteiger partial charge is 0.383 e. The molecule has 0 radical (unpaired) electrons. The lowest BCUT2D eigenvalue weighted by molar-refractivity contribution is -0.138. The van der Waals surface area contributed by atoms with E-state index in [1.807, 2.05) is 0 Å². The molecule has 0 amide bonds. The molecule has 0 aliphatic heterocycles. The summed E-state index contributed by atoms with van der Waals surface area (Å²) in [6.07, 6.45) is 0.177. The average molecular weight is 454 g/mol. The highest BCUT2D eigenvalue weighted by Gasteiger charge is 2.41. The molecule has 0 saturated heterocycles. The van der Waals surface area contributed by atoms with E-state index in [9.17, 15) is 21.6 Å². The number of fused-ring (bicyclic) bond motifs is 1. The highest BCUT2D eigenvalue weighted by molar-refractivity contribution is 7.90. The third kappa shape index (κ3) is 4.43. The van der Waals surface area contributed by atoms with Crippen molar-refractivity contribution in [2.75, 3.05) is 23.1 Å². The van der Waals surface area contributed by atoms with Crippen molar-refractivity contribution < 1.29 is 21.6 Å². The number of aromatic nitrogens is 4. The maximum atomic E-state index is 13.5. The number of nitrogen functional groups attached to an aromatic ring is 1. The first kappa shape index (κ1) is 21.3. The van der Waals surface area contributed by atoms with E-state index in [2.05, 4.69) is 20.4 Å². The van der Waals surface area contributed by atoms with Crippen LogP contribution < -0.4 is 11.1 Å². The third-order valence-electron chi connectivity index (χ3n) is 5.35. The van der Waals surface area contributed by atoms with Crippen molar-refractivity contribution in [2.24, 2.45) is 0 Å². The molecule has 1 saturated carbocycles. The normalized spacial score (nSPS) is 15.2. The van der Waals surface area contributed by atoms with Crippen LogP contribution in [-0.2, 0) is 22.6 Å². The summed E-state index contributed by atoms with van der Waals surface area (Å²) >= 11 is 0. The highest BCUT2D eigenvalue weighted by atomic mass is 32.2. The number of benzene rings is 1. The summed E-state index contributed by atoms with van der Waals surface area (Å²) in [5.74, 6) is -0.992. The van der Waals surface area contributed by atoms with E-state index < -0.39 is 27.4 Å². The lowest BCUT2D eigenvalue weighted by Crippen LogP contribution is -2.22. The minimum atomic E-state index is -4.63. The molecule has 2 aromatic heterocycles. The number of nitrogens with zero attached hydrogens (tertiary/aromatic N) is 4. The molecule has 3 aromatic rings. The van der Waals surface area contributed by atoms with Gasteiger partial charge in [-0.15, -0.1) is 0 Å². The predicted molar refractivity (Wildman–Crippen MR) is 111 cm³/mol. The molecule has 31 heavy (non-hydrogen) atoms. The second kappa shape index (κ2) is 7.66. The molecule has 2 heterocycles. The molecule has 1 aliphatic rings. The molecule has 12 heteroatoms. The largest absolute Gasteiger partial charge is 0.421 e. The molecule has 0 unspecified atom stereocenters. The molecule has 0 atom stereocenters. The molecule has 1 fully saturated rings. The number of alkyl halides is 3. The second-order valence-electron chi connectivity index (χ2n) is 7.68.